The van der Waals surface area contributed by atoms with Crippen molar-refractivity contribution >= 4 is 34.0 Å². The third kappa shape index (κ3) is 4.50. The lowest BCUT2D eigenvalue weighted by atomic mass is 10.1. The molecule has 1 saturated heterocycles. The highest BCUT2D eigenvalue weighted by Gasteiger charge is 2.14. The van der Waals surface area contributed by atoms with Gasteiger partial charge in [-0.25, -0.2) is 0 Å². The molecule has 2 aromatic rings. The number of nitrogens with one attached hydrogen (secondary N) is 1. The monoisotopic (exact) mass is 350 g/mol. The molecular weight excluding hydrogens is 332 g/mol. The highest BCUT2D eigenvalue weighted by Crippen LogP contribution is 2.31. The van der Waals surface area contributed by atoms with Crippen molar-refractivity contribution < 1.29 is 4.79 Å². The average Bonchev–Trinajstić information content (AvgIpc) is 3.02. The molecule has 1 aliphatic heterocycles. The summed E-state index contributed by atoms with van der Waals surface area (Å²) < 4.78 is 0. The third-order valence-corrected chi connectivity index (χ3v) is 5.08. The molecule has 0 radical (unpaired) electrons. The first-order valence-corrected chi connectivity index (χ1v) is 9.02. The first-order valence-electron chi connectivity index (χ1n) is 7.83. The summed E-state index contributed by atoms with van der Waals surface area (Å²) in [6.45, 7) is 3.01. The lowest BCUT2D eigenvalue weighted by Crippen LogP contribution is -2.32. The minimum atomic E-state index is -0.0163. The van der Waals surface area contributed by atoms with Crippen LogP contribution in [0.25, 0.3) is 10.6 Å². The average molecular weight is 351 g/mol. The first kappa shape index (κ1) is 16.4. The summed E-state index contributed by atoms with van der Waals surface area (Å²) in [7, 11) is 0. The number of rotatable bonds is 5. The van der Waals surface area contributed by atoms with Crippen molar-refractivity contribution in [2.24, 2.45) is 0 Å². The van der Waals surface area contributed by atoms with Gasteiger partial charge in [0.2, 0.25) is 11.0 Å². The van der Waals surface area contributed by atoms with Gasteiger partial charge in [-0.15, -0.1) is 10.2 Å². The molecule has 1 fully saturated rings. The number of benzene rings is 1. The molecule has 0 spiro atoms. The Labute approximate surface area is 144 Å². The Kier molecular flexibility index (Phi) is 5.59. The van der Waals surface area contributed by atoms with Gasteiger partial charge in [0.25, 0.3) is 0 Å². The van der Waals surface area contributed by atoms with Crippen molar-refractivity contribution in [2.75, 3.05) is 25.0 Å². The van der Waals surface area contributed by atoms with Crippen molar-refractivity contribution in [2.45, 2.75) is 25.7 Å². The predicted octanol–water partition coefficient (Wildman–Crippen LogP) is 3.67. The van der Waals surface area contributed by atoms with E-state index < -0.39 is 0 Å². The zero-order valence-corrected chi connectivity index (χ0v) is 14.4. The van der Waals surface area contributed by atoms with Gasteiger partial charge in [-0.1, -0.05) is 47.6 Å². The largest absolute Gasteiger partial charge is 0.303 e. The van der Waals surface area contributed by atoms with Crippen LogP contribution in [-0.4, -0.2) is 40.6 Å². The lowest BCUT2D eigenvalue weighted by molar-refractivity contribution is -0.116. The molecule has 0 unspecified atom stereocenters. The molecule has 1 aromatic heterocycles. The Hall–Kier alpha value is -1.50. The fourth-order valence-electron chi connectivity index (χ4n) is 2.64. The summed E-state index contributed by atoms with van der Waals surface area (Å²) in [5, 5.41) is 12.8. The summed E-state index contributed by atoms with van der Waals surface area (Å²) in [5.41, 5.74) is 0.834. The molecule has 7 heteroatoms. The zero-order valence-electron chi connectivity index (χ0n) is 12.8. The van der Waals surface area contributed by atoms with E-state index in [0.717, 1.165) is 25.2 Å². The van der Waals surface area contributed by atoms with E-state index in [1.54, 1.807) is 0 Å². The quantitative estimate of drug-likeness (QED) is 0.893. The maximum atomic E-state index is 12.0. The van der Waals surface area contributed by atoms with Crippen LogP contribution in [0.4, 0.5) is 5.13 Å². The zero-order chi connectivity index (χ0) is 16.1. The fraction of sp³-hybridized carbons (Fsp3) is 0.438. The Bertz CT molecular complexity index is 670. The van der Waals surface area contributed by atoms with Crippen molar-refractivity contribution in [1.82, 2.24) is 15.1 Å². The summed E-state index contributed by atoms with van der Waals surface area (Å²) >= 11 is 7.49. The minimum absolute atomic E-state index is 0.0163. The van der Waals surface area contributed by atoms with Crippen molar-refractivity contribution in [3.8, 4) is 10.6 Å². The Morgan fingerprint density at radius 3 is 2.78 bits per heavy atom. The van der Waals surface area contributed by atoms with Gasteiger partial charge in [0.05, 0.1) is 5.02 Å². The molecular formula is C16H19ClN4OS. The van der Waals surface area contributed by atoms with E-state index in [0.29, 0.717) is 21.6 Å². The molecule has 1 N–H and O–H groups in total. The standard InChI is InChI=1S/C16H19ClN4OS/c17-13-7-3-2-6-12(13)15-19-20-16(23-15)18-14(22)8-11-21-9-4-1-5-10-21/h2-3,6-7H,1,4-5,8-11H2,(H,18,20,22). The van der Waals surface area contributed by atoms with E-state index >= 15 is 0 Å². The van der Waals surface area contributed by atoms with Crippen LogP contribution in [0.3, 0.4) is 0 Å². The number of carbonyl (C=O) groups is 1. The van der Waals surface area contributed by atoms with Crippen molar-refractivity contribution in [3.63, 3.8) is 0 Å². The summed E-state index contributed by atoms with van der Waals surface area (Å²) in [5.74, 6) is -0.0163. The summed E-state index contributed by atoms with van der Waals surface area (Å²) in [4.78, 5) is 14.4. The molecule has 0 atom stereocenters. The second-order valence-electron chi connectivity index (χ2n) is 5.59. The first-order chi connectivity index (χ1) is 11.2. The third-order valence-electron chi connectivity index (χ3n) is 3.88. The molecule has 5 nitrogen and oxygen atoms in total. The molecule has 3 rings (SSSR count). The Morgan fingerprint density at radius 2 is 2.00 bits per heavy atom. The maximum Gasteiger partial charge on any atom is 0.227 e. The normalized spacial score (nSPS) is 15.5. The summed E-state index contributed by atoms with van der Waals surface area (Å²) in [6.07, 6.45) is 4.26. The van der Waals surface area contributed by atoms with Gasteiger partial charge in [0.15, 0.2) is 5.01 Å². The van der Waals surface area contributed by atoms with Crippen LogP contribution in [0.15, 0.2) is 24.3 Å². The van der Waals surface area contributed by atoms with E-state index in [4.69, 9.17) is 11.6 Å². The number of piperidine rings is 1. The SMILES string of the molecule is O=C(CCN1CCCCC1)Nc1nnc(-c2ccccc2Cl)s1. The lowest BCUT2D eigenvalue weighted by Gasteiger charge is -2.25. The second-order valence-corrected chi connectivity index (χ2v) is 6.98. The highest BCUT2D eigenvalue weighted by atomic mass is 35.5. The van der Waals surface area contributed by atoms with Crippen molar-refractivity contribution in [1.29, 1.82) is 0 Å². The van der Waals surface area contributed by atoms with Gasteiger partial charge in [0, 0.05) is 18.5 Å². The van der Waals surface area contributed by atoms with E-state index in [-0.39, 0.29) is 5.91 Å². The van der Waals surface area contributed by atoms with Gasteiger partial charge in [-0.2, -0.15) is 0 Å². The topological polar surface area (TPSA) is 58.1 Å². The van der Waals surface area contributed by atoms with E-state index in [1.165, 1.54) is 30.6 Å². The van der Waals surface area contributed by atoms with Gasteiger partial charge in [-0.05, 0) is 32.0 Å². The van der Waals surface area contributed by atoms with Crippen LogP contribution in [-0.2, 0) is 4.79 Å². The number of anilines is 1. The van der Waals surface area contributed by atoms with Crippen LogP contribution in [0.5, 0.6) is 0 Å². The Balaban J connectivity index is 1.54. The molecule has 0 saturated carbocycles. The molecule has 0 aliphatic carbocycles. The number of aromatic nitrogens is 2. The molecule has 1 amide bonds. The number of likely N-dealkylation sites (tertiary alicyclic amines) is 1. The maximum absolute atomic E-state index is 12.0. The number of amides is 1. The van der Waals surface area contributed by atoms with E-state index in [1.807, 2.05) is 24.3 Å². The van der Waals surface area contributed by atoms with Crippen LogP contribution in [0.1, 0.15) is 25.7 Å². The molecule has 23 heavy (non-hydrogen) atoms. The van der Waals surface area contributed by atoms with Gasteiger partial charge >= 0.3 is 0 Å². The number of hydrogen-bond acceptors (Lipinski definition) is 5. The molecule has 1 aliphatic rings. The van der Waals surface area contributed by atoms with Crippen LogP contribution in [0, 0.1) is 0 Å². The number of carbonyl (C=O) groups excluding carboxylic acids is 1. The van der Waals surface area contributed by atoms with Gasteiger partial charge in [0.1, 0.15) is 0 Å². The minimum Gasteiger partial charge on any atom is -0.303 e. The molecule has 122 valence electrons. The van der Waals surface area contributed by atoms with Gasteiger partial charge in [-0.3, -0.25) is 4.79 Å². The van der Waals surface area contributed by atoms with Crippen molar-refractivity contribution in [3.05, 3.63) is 29.3 Å². The van der Waals surface area contributed by atoms with E-state index in [9.17, 15) is 4.79 Å². The second kappa shape index (κ2) is 7.86. The van der Waals surface area contributed by atoms with Crippen LogP contribution < -0.4 is 5.32 Å². The number of hydrogen-bond donors (Lipinski definition) is 1. The van der Waals surface area contributed by atoms with E-state index in [2.05, 4.69) is 20.4 Å². The Morgan fingerprint density at radius 1 is 1.22 bits per heavy atom. The molecule has 0 bridgehead atoms. The molecule has 2 heterocycles. The smallest absolute Gasteiger partial charge is 0.227 e. The summed E-state index contributed by atoms with van der Waals surface area (Å²) in [6, 6.07) is 7.48. The predicted molar refractivity (Wildman–Crippen MR) is 93.9 cm³/mol. The number of nitrogens with zero attached hydrogens (tertiary/aromatic N) is 3. The highest BCUT2D eigenvalue weighted by molar-refractivity contribution is 7.18. The number of halogens is 1. The fourth-order valence-corrected chi connectivity index (χ4v) is 3.72. The van der Waals surface area contributed by atoms with Crippen LogP contribution >= 0.6 is 22.9 Å². The molecule has 1 aromatic carbocycles. The van der Waals surface area contributed by atoms with Crippen LogP contribution in [0.2, 0.25) is 5.02 Å². The van der Waals surface area contributed by atoms with Gasteiger partial charge < -0.3 is 10.2 Å².